The molecule has 164 valence electrons. The smallest absolute Gasteiger partial charge is 0.411 e. The first-order chi connectivity index (χ1) is 14.2. The predicted molar refractivity (Wildman–Crippen MR) is 109 cm³/mol. The molecule has 0 N–H and O–H groups in total. The fourth-order valence-corrected chi connectivity index (χ4v) is 3.64. The van der Waals surface area contributed by atoms with Gasteiger partial charge >= 0.3 is 12.2 Å². The van der Waals surface area contributed by atoms with Crippen LogP contribution in [-0.4, -0.2) is 67.7 Å². The molecule has 10 nitrogen and oxygen atoms in total. The Balaban J connectivity index is 1.49. The van der Waals surface area contributed by atoms with Crippen LogP contribution in [-0.2, 0) is 9.47 Å². The molecule has 0 saturated carbocycles. The summed E-state index contributed by atoms with van der Waals surface area (Å²) >= 11 is 0. The van der Waals surface area contributed by atoms with Gasteiger partial charge in [0.2, 0.25) is 0 Å². The number of nitrogens with zero attached hydrogens (tertiary/aromatic N) is 6. The maximum Gasteiger partial charge on any atom is 0.411 e. The predicted octanol–water partition coefficient (Wildman–Crippen LogP) is 2.94. The molecule has 3 heterocycles. The summed E-state index contributed by atoms with van der Waals surface area (Å²) in [5, 5.41) is 8.70. The summed E-state index contributed by atoms with van der Waals surface area (Å²) in [5.74, 6) is 0. The molecule has 2 atom stereocenters. The molecular weight excluding hydrogens is 388 g/mol. The van der Waals surface area contributed by atoms with Crippen molar-refractivity contribution in [1.82, 2.24) is 29.4 Å². The van der Waals surface area contributed by atoms with Crippen molar-refractivity contribution in [2.75, 3.05) is 26.2 Å². The van der Waals surface area contributed by atoms with Crippen LogP contribution in [0.4, 0.5) is 9.59 Å². The third kappa shape index (κ3) is 4.74. The van der Waals surface area contributed by atoms with Gasteiger partial charge in [0, 0.05) is 37.6 Å². The van der Waals surface area contributed by atoms with Gasteiger partial charge in [-0.15, -0.1) is 0 Å². The van der Waals surface area contributed by atoms with Crippen molar-refractivity contribution in [2.24, 2.45) is 0 Å². The normalized spacial score (nSPS) is 16.3. The fraction of sp³-hybridized carbons (Fsp3) is 0.600. The molecule has 0 unspecified atom stereocenters. The number of amides is 2. The topological polar surface area (TPSA) is 94.7 Å². The Kier molecular flexibility index (Phi) is 6.33. The average molecular weight is 418 g/mol. The molecule has 0 aromatic carbocycles. The zero-order valence-corrected chi connectivity index (χ0v) is 18.5. The van der Waals surface area contributed by atoms with Gasteiger partial charge in [-0.2, -0.15) is 10.2 Å². The average Bonchev–Trinajstić information content (AvgIpc) is 3.21. The molecule has 30 heavy (non-hydrogen) atoms. The molecule has 1 aliphatic heterocycles. The Morgan fingerprint density at radius 1 is 0.767 bits per heavy atom. The molecule has 2 aromatic heterocycles. The van der Waals surface area contributed by atoms with Crippen molar-refractivity contribution in [3.63, 3.8) is 0 Å². The number of hydrogen-bond donors (Lipinski definition) is 0. The van der Waals surface area contributed by atoms with Gasteiger partial charge in [0.05, 0.1) is 11.4 Å². The van der Waals surface area contributed by atoms with Crippen LogP contribution < -0.4 is 0 Å². The molecule has 1 aliphatic rings. The van der Waals surface area contributed by atoms with Crippen LogP contribution in [0.2, 0.25) is 0 Å². The number of aromatic nitrogens is 4. The molecule has 2 amide bonds. The van der Waals surface area contributed by atoms with Crippen LogP contribution in [0.5, 0.6) is 0 Å². The highest BCUT2D eigenvalue weighted by Gasteiger charge is 2.28. The molecule has 10 heteroatoms. The van der Waals surface area contributed by atoms with Crippen LogP contribution in [0.3, 0.4) is 0 Å². The summed E-state index contributed by atoms with van der Waals surface area (Å²) < 4.78 is 14.5. The number of carbonyl (C=O) groups excluding carboxylic acids is 2. The van der Waals surface area contributed by atoms with Gasteiger partial charge in [-0.1, -0.05) is 0 Å². The van der Waals surface area contributed by atoms with Crippen LogP contribution in [0.25, 0.3) is 0 Å². The van der Waals surface area contributed by atoms with E-state index in [0.29, 0.717) is 26.2 Å². The van der Waals surface area contributed by atoms with E-state index >= 15 is 0 Å². The van der Waals surface area contributed by atoms with Gasteiger partial charge < -0.3 is 19.3 Å². The lowest BCUT2D eigenvalue weighted by Crippen LogP contribution is -2.51. The molecule has 1 fully saturated rings. The lowest BCUT2D eigenvalue weighted by Gasteiger charge is -2.34. The van der Waals surface area contributed by atoms with Gasteiger partial charge in [0.15, 0.2) is 12.5 Å². The highest BCUT2D eigenvalue weighted by Crippen LogP contribution is 2.17. The first kappa shape index (κ1) is 21.7. The SMILES string of the molecule is Cc1cc(C)n([C@@H](C)OC(=O)N2CCN(C(=O)O[C@H](C)n3nc(C)cc3C)CC2)n1. The summed E-state index contributed by atoms with van der Waals surface area (Å²) in [6.45, 7) is 12.7. The first-order valence-corrected chi connectivity index (χ1v) is 10.1. The maximum atomic E-state index is 12.5. The second-order valence-corrected chi connectivity index (χ2v) is 7.68. The number of piperazine rings is 1. The van der Waals surface area contributed by atoms with Crippen molar-refractivity contribution < 1.29 is 19.1 Å². The van der Waals surface area contributed by atoms with E-state index in [-0.39, 0.29) is 0 Å². The molecule has 0 aliphatic carbocycles. The van der Waals surface area contributed by atoms with E-state index in [2.05, 4.69) is 10.2 Å². The van der Waals surface area contributed by atoms with Crippen molar-refractivity contribution in [3.8, 4) is 0 Å². The molecule has 3 rings (SSSR count). The Bertz CT molecular complexity index is 838. The van der Waals surface area contributed by atoms with E-state index < -0.39 is 24.6 Å². The highest BCUT2D eigenvalue weighted by atomic mass is 16.6. The van der Waals surface area contributed by atoms with Crippen LogP contribution >= 0.6 is 0 Å². The Morgan fingerprint density at radius 2 is 1.10 bits per heavy atom. The Labute approximate surface area is 176 Å². The standard InChI is InChI=1S/C20H30N6O4/c1-13-11-15(3)25(21-13)17(5)29-19(27)23-7-9-24(10-8-23)20(28)30-18(6)26-16(4)12-14(2)22-26/h11-12,17-18H,7-10H2,1-6H3/t17-,18-/m1/s1. The van der Waals surface area contributed by atoms with E-state index in [9.17, 15) is 9.59 Å². The van der Waals surface area contributed by atoms with E-state index in [1.54, 1.807) is 33.0 Å². The van der Waals surface area contributed by atoms with E-state index in [0.717, 1.165) is 22.8 Å². The minimum atomic E-state index is -0.504. The van der Waals surface area contributed by atoms with E-state index in [4.69, 9.17) is 9.47 Å². The van der Waals surface area contributed by atoms with E-state index in [1.165, 1.54) is 0 Å². The monoisotopic (exact) mass is 418 g/mol. The minimum Gasteiger partial charge on any atom is -0.424 e. The van der Waals surface area contributed by atoms with Gasteiger partial charge in [-0.3, -0.25) is 0 Å². The summed E-state index contributed by atoms with van der Waals surface area (Å²) in [6, 6.07) is 3.86. The molecule has 0 spiro atoms. The quantitative estimate of drug-likeness (QED) is 0.758. The van der Waals surface area contributed by atoms with Crippen molar-refractivity contribution in [2.45, 2.75) is 54.0 Å². The van der Waals surface area contributed by atoms with Crippen LogP contribution in [0.1, 0.15) is 49.1 Å². The van der Waals surface area contributed by atoms with Gasteiger partial charge in [-0.25, -0.2) is 19.0 Å². The van der Waals surface area contributed by atoms with Gasteiger partial charge in [-0.05, 0) is 53.7 Å². The van der Waals surface area contributed by atoms with Gasteiger partial charge in [0.1, 0.15) is 0 Å². The fourth-order valence-electron chi connectivity index (χ4n) is 3.64. The number of ether oxygens (including phenoxy) is 2. The molecular formula is C20H30N6O4. The minimum absolute atomic E-state index is 0.381. The Hall–Kier alpha value is -3.04. The zero-order valence-electron chi connectivity index (χ0n) is 18.5. The molecule has 2 aromatic rings. The summed E-state index contributed by atoms with van der Waals surface area (Å²) in [5.41, 5.74) is 3.60. The van der Waals surface area contributed by atoms with Crippen molar-refractivity contribution in [3.05, 3.63) is 34.9 Å². The van der Waals surface area contributed by atoms with Crippen molar-refractivity contribution >= 4 is 12.2 Å². The molecule has 1 saturated heterocycles. The number of rotatable bonds is 4. The molecule has 0 radical (unpaired) electrons. The highest BCUT2D eigenvalue weighted by molar-refractivity contribution is 5.70. The number of hydrogen-bond acceptors (Lipinski definition) is 6. The first-order valence-electron chi connectivity index (χ1n) is 10.1. The number of carbonyl (C=O) groups is 2. The van der Waals surface area contributed by atoms with Crippen LogP contribution in [0.15, 0.2) is 12.1 Å². The third-order valence-corrected chi connectivity index (χ3v) is 5.12. The maximum absolute atomic E-state index is 12.5. The third-order valence-electron chi connectivity index (χ3n) is 5.12. The second kappa shape index (κ2) is 8.76. The van der Waals surface area contributed by atoms with Gasteiger partial charge in [0.25, 0.3) is 0 Å². The van der Waals surface area contributed by atoms with Crippen molar-refractivity contribution in [1.29, 1.82) is 0 Å². The second-order valence-electron chi connectivity index (χ2n) is 7.68. The largest absolute Gasteiger partial charge is 0.424 e. The van der Waals surface area contributed by atoms with Crippen LogP contribution in [0, 0.1) is 27.7 Å². The molecule has 0 bridgehead atoms. The Morgan fingerprint density at radius 3 is 1.37 bits per heavy atom. The number of aryl methyl sites for hydroxylation is 4. The summed E-state index contributed by atoms with van der Waals surface area (Å²) in [4.78, 5) is 28.2. The lowest BCUT2D eigenvalue weighted by molar-refractivity contribution is 0.00497. The lowest BCUT2D eigenvalue weighted by atomic mass is 10.3. The van der Waals surface area contributed by atoms with E-state index in [1.807, 2.05) is 39.8 Å². The summed E-state index contributed by atoms with van der Waals surface area (Å²) in [6.07, 6.45) is -1.84. The summed E-state index contributed by atoms with van der Waals surface area (Å²) in [7, 11) is 0. The zero-order chi connectivity index (χ0) is 22.0.